The highest BCUT2D eigenvalue weighted by Crippen LogP contribution is 2.23. The monoisotopic (exact) mass is 223 g/mol. The lowest BCUT2D eigenvalue weighted by atomic mass is 10.3. The van der Waals surface area contributed by atoms with Crippen LogP contribution in [-0.2, 0) is 6.54 Å². The molecule has 4 heteroatoms. The van der Waals surface area contributed by atoms with Gasteiger partial charge in [0.2, 0.25) is 0 Å². The average Bonchev–Trinajstić information content (AvgIpc) is 2.26. The molecule has 3 nitrogen and oxygen atoms in total. The van der Waals surface area contributed by atoms with Crippen LogP contribution in [0.4, 0.5) is 5.82 Å². The summed E-state index contributed by atoms with van der Waals surface area (Å²) < 4.78 is 0. The van der Waals surface area contributed by atoms with E-state index in [-0.39, 0.29) is 0 Å². The van der Waals surface area contributed by atoms with Crippen LogP contribution in [0, 0.1) is 12.3 Å². The lowest BCUT2D eigenvalue weighted by molar-refractivity contribution is 0.888. The van der Waals surface area contributed by atoms with Crippen LogP contribution in [-0.4, -0.2) is 18.1 Å². The van der Waals surface area contributed by atoms with Crippen LogP contribution in [0.15, 0.2) is 12.3 Å². The molecule has 0 spiro atoms. The SMILES string of the molecule is C#CCN(CC)c1ncc(CN)cc1Cl. The van der Waals surface area contributed by atoms with Crippen molar-refractivity contribution in [3.05, 3.63) is 22.8 Å². The molecule has 1 aromatic heterocycles. The van der Waals surface area contributed by atoms with Gasteiger partial charge in [0.05, 0.1) is 11.6 Å². The summed E-state index contributed by atoms with van der Waals surface area (Å²) in [6.45, 7) is 3.73. The molecule has 1 aromatic rings. The molecule has 0 radical (unpaired) electrons. The van der Waals surface area contributed by atoms with Crippen molar-refractivity contribution in [1.29, 1.82) is 0 Å². The molecule has 1 rings (SSSR count). The first-order valence-corrected chi connectivity index (χ1v) is 5.13. The molecule has 0 atom stereocenters. The number of hydrogen-bond donors (Lipinski definition) is 1. The zero-order valence-electron chi connectivity index (χ0n) is 8.70. The van der Waals surface area contributed by atoms with Gasteiger partial charge in [0.25, 0.3) is 0 Å². The number of hydrogen-bond acceptors (Lipinski definition) is 3. The zero-order chi connectivity index (χ0) is 11.3. The highest BCUT2D eigenvalue weighted by Gasteiger charge is 2.09. The van der Waals surface area contributed by atoms with Gasteiger partial charge in [-0.05, 0) is 18.6 Å². The summed E-state index contributed by atoms with van der Waals surface area (Å²) in [5, 5.41) is 0.593. The number of terminal acetylenes is 1. The van der Waals surface area contributed by atoms with Crippen LogP contribution in [0.1, 0.15) is 12.5 Å². The van der Waals surface area contributed by atoms with Crippen molar-refractivity contribution < 1.29 is 0 Å². The number of anilines is 1. The van der Waals surface area contributed by atoms with Gasteiger partial charge in [-0.3, -0.25) is 0 Å². The number of pyridine rings is 1. The van der Waals surface area contributed by atoms with Crippen LogP contribution < -0.4 is 10.6 Å². The van der Waals surface area contributed by atoms with Crippen molar-refractivity contribution in [3.63, 3.8) is 0 Å². The normalized spacial score (nSPS) is 9.73. The molecule has 0 saturated carbocycles. The third kappa shape index (κ3) is 2.85. The van der Waals surface area contributed by atoms with Gasteiger partial charge in [-0.25, -0.2) is 4.98 Å². The van der Waals surface area contributed by atoms with E-state index in [1.165, 1.54) is 0 Å². The maximum Gasteiger partial charge on any atom is 0.148 e. The first kappa shape index (κ1) is 11.8. The third-order valence-electron chi connectivity index (χ3n) is 2.08. The minimum atomic E-state index is 0.439. The Morgan fingerprint density at radius 3 is 2.87 bits per heavy atom. The van der Waals surface area contributed by atoms with Gasteiger partial charge in [-0.1, -0.05) is 17.5 Å². The Morgan fingerprint density at radius 1 is 1.67 bits per heavy atom. The highest BCUT2D eigenvalue weighted by molar-refractivity contribution is 6.33. The Kier molecular flexibility index (Phi) is 4.41. The standard InChI is InChI=1S/C11H14ClN3/c1-3-5-15(4-2)11-10(12)6-9(7-13)8-14-11/h1,6,8H,4-5,7,13H2,2H3. The van der Waals surface area contributed by atoms with Crippen molar-refractivity contribution in [2.24, 2.45) is 5.73 Å². The molecule has 0 fully saturated rings. The fraction of sp³-hybridized carbons (Fsp3) is 0.364. The second-order valence-electron chi connectivity index (χ2n) is 3.07. The molecule has 15 heavy (non-hydrogen) atoms. The molecule has 0 aromatic carbocycles. The minimum absolute atomic E-state index is 0.439. The smallest absolute Gasteiger partial charge is 0.148 e. The van der Waals surface area contributed by atoms with Gasteiger partial charge >= 0.3 is 0 Å². The fourth-order valence-electron chi connectivity index (χ4n) is 1.26. The Hall–Kier alpha value is -1.24. The summed E-state index contributed by atoms with van der Waals surface area (Å²) >= 11 is 6.09. The predicted molar refractivity (Wildman–Crippen MR) is 63.9 cm³/mol. The summed E-state index contributed by atoms with van der Waals surface area (Å²) in [4.78, 5) is 6.19. The molecule has 0 aliphatic rings. The van der Waals surface area contributed by atoms with Crippen molar-refractivity contribution in [2.75, 3.05) is 18.0 Å². The highest BCUT2D eigenvalue weighted by atomic mass is 35.5. The van der Waals surface area contributed by atoms with Crippen LogP contribution in [0.3, 0.4) is 0 Å². The first-order valence-electron chi connectivity index (χ1n) is 4.75. The summed E-state index contributed by atoms with van der Waals surface area (Å²) in [5.74, 6) is 3.29. The number of halogens is 1. The summed E-state index contributed by atoms with van der Waals surface area (Å²) in [6.07, 6.45) is 6.99. The minimum Gasteiger partial charge on any atom is -0.345 e. The van der Waals surface area contributed by atoms with Crippen molar-refractivity contribution in [1.82, 2.24) is 4.98 Å². The van der Waals surface area contributed by atoms with E-state index < -0.39 is 0 Å². The number of aromatic nitrogens is 1. The average molecular weight is 224 g/mol. The Bertz CT molecular complexity index is 371. The second-order valence-corrected chi connectivity index (χ2v) is 3.48. The van der Waals surface area contributed by atoms with E-state index >= 15 is 0 Å². The molecule has 0 aliphatic heterocycles. The lowest BCUT2D eigenvalue weighted by Gasteiger charge is -2.20. The van der Waals surface area contributed by atoms with Crippen LogP contribution in [0.5, 0.6) is 0 Å². The van der Waals surface area contributed by atoms with E-state index in [4.69, 9.17) is 23.8 Å². The number of rotatable bonds is 4. The van der Waals surface area contributed by atoms with Crippen molar-refractivity contribution in [3.8, 4) is 12.3 Å². The molecule has 0 bridgehead atoms. The molecule has 0 saturated heterocycles. The summed E-state index contributed by atoms with van der Waals surface area (Å²) in [7, 11) is 0. The Labute approximate surface area is 95.2 Å². The van der Waals surface area contributed by atoms with E-state index in [0.717, 1.165) is 12.1 Å². The molecule has 80 valence electrons. The predicted octanol–water partition coefficient (Wildman–Crippen LogP) is 1.65. The first-order chi connectivity index (χ1) is 7.22. The van der Waals surface area contributed by atoms with E-state index in [1.54, 1.807) is 6.20 Å². The third-order valence-corrected chi connectivity index (χ3v) is 2.36. The van der Waals surface area contributed by atoms with Crippen molar-refractivity contribution in [2.45, 2.75) is 13.5 Å². The Balaban J connectivity index is 2.98. The van der Waals surface area contributed by atoms with Gasteiger partial charge in [0.15, 0.2) is 0 Å². The molecule has 0 unspecified atom stereocenters. The molecular formula is C11H14ClN3. The molecular weight excluding hydrogens is 210 g/mol. The maximum atomic E-state index is 6.09. The van der Waals surface area contributed by atoms with Crippen LogP contribution >= 0.6 is 11.6 Å². The summed E-state index contributed by atoms with van der Waals surface area (Å²) in [6, 6.07) is 1.82. The van der Waals surface area contributed by atoms with Gasteiger partial charge in [0, 0.05) is 19.3 Å². The molecule has 1 heterocycles. The van der Waals surface area contributed by atoms with E-state index in [9.17, 15) is 0 Å². The molecule has 0 aliphatic carbocycles. The fourth-order valence-corrected chi connectivity index (χ4v) is 1.57. The van der Waals surface area contributed by atoms with Gasteiger partial charge in [-0.2, -0.15) is 0 Å². The maximum absolute atomic E-state index is 6.09. The van der Waals surface area contributed by atoms with Crippen molar-refractivity contribution >= 4 is 17.4 Å². The van der Waals surface area contributed by atoms with Gasteiger partial charge in [0.1, 0.15) is 5.82 Å². The number of nitrogens with two attached hydrogens (primary N) is 1. The number of nitrogens with zero attached hydrogens (tertiary/aromatic N) is 2. The van der Waals surface area contributed by atoms with E-state index in [1.807, 2.05) is 17.9 Å². The largest absolute Gasteiger partial charge is 0.345 e. The van der Waals surface area contributed by atoms with E-state index in [2.05, 4.69) is 10.9 Å². The Morgan fingerprint density at radius 2 is 2.40 bits per heavy atom. The van der Waals surface area contributed by atoms with E-state index in [0.29, 0.717) is 23.9 Å². The molecule has 0 amide bonds. The quantitative estimate of drug-likeness (QED) is 0.790. The molecule has 2 N–H and O–H groups in total. The summed E-state index contributed by atoms with van der Waals surface area (Å²) in [5.41, 5.74) is 6.41. The van der Waals surface area contributed by atoms with Crippen LogP contribution in [0.2, 0.25) is 5.02 Å². The van der Waals surface area contributed by atoms with Gasteiger partial charge < -0.3 is 10.6 Å². The van der Waals surface area contributed by atoms with Gasteiger partial charge in [-0.15, -0.1) is 6.42 Å². The zero-order valence-corrected chi connectivity index (χ0v) is 9.46. The lowest BCUT2D eigenvalue weighted by Crippen LogP contribution is -2.24. The second kappa shape index (κ2) is 5.59. The topological polar surface area (TPSA) is 42.2 Å². The van der Waals surface area contributed by atoms with Crippen LogP contribution in [0.25, 0.3) is 0 Å².